The van der Waals surface area contributed by atoms with Crippen molar-refractivity contribution in [3.63, 3.8) is 0 Å². The maximum atomic E-state index is 12.8. The second-order valence-electron chi connectivity index (χ2n) is 12.0. The summed E-state index contributed by atoms with van der Waals surface area (Å²) in [5.41, 5.74) is 1.98. The Kier molecular flexibility index (Phi) is 9.62. The molecule has 0 saturated heterocycles. The maximum absolute atomic E-state index is 12.8. The number of ether oxygens (including phenoxy) is 2. The third kappa shape index (κ3) is 6.83. The van der Waals surface area contributed by atoms with Crippen molar-refractivity contribution in [2.75, 3.05) is 6.61 Å². The Morgan fingerprint density at radius 1 is 1.24 bits per heavy atom. The lowest BCUT2D eigenvalue weighted by Gasteiger charge is -2.44. The summed E-state index contributed by atoms with van der Waals surface area (Å²) in [5, 5.41) is 20.3. The van der Waals surface area contributed by atoms with Gasteiger partial charge < -0.3 is 19.7 Å². The Morgan fingerprint density at radius 2 is 1.97 bits per heavy atom. The standard InChI is InChI=1S/C31H46O6/c1-7-17-36-29(35)37-30(4,5)28(34)15-10-20(2)25-13-14-26-22(9-8-16-31(25,26)6)11-12-23-18-24(32)19-27(33)21(23)3/h10-12,15,20,24-27,32-33H,3,7-9,13-14,16-19H2,1-2,4-6H3/b15-10+,22-11+,23-12-/t20-,24?,25-,26+,27?,31-/m1/s1. The van der Waals surface area contributed by atoms with Gasteiger partial charge in [0.15, 0.2) is 11.4 Å². The van der Waals surface area contributed by atoms with Crippen molar-refractivity contribution in [3.8, 4) is 0 Å². The Bertz CT molecular complexity index is 957. The highest BCUT2D eigenvalue weighted by molar-refractivity contribution is 5.97. The molecule has 3 saturated carbocycles. The molecule has 0 amide bonds. The lowest BCUT2D eigenvalue weighted by Crippen LogP contribution is -2.37. The van der Waals surface area contributed by atoms with E-state index >= 15 is 0 Å². The van der Waals surface area contributed by atoms with E-state index < -0.39 is 24.0 Å². The highest BCUT2D eigenvalue weighted by Crippen LogP contribution is 2.59. The summed E-state index contributed by atoms with van der Waals surface area (Å²) < 4.78 is 10.2. The van der Waals surface area contributed by atoms with Gasteiger partial charge >= 0.3 is 6.16 Å². The first-order valence-corrected chi connectivity index (χ1v) is 13.9. The number of aliphatic hydroxyl groups excluding tert-OH is 2. The Hall–Kier alpha value is -2.18. The van der Waals surface area contributed by atoms with Crippen molar-refractivity contribution in [1.82, 2.24) is 0 Å². The minimum atomic E-state index is -1.28. The molecule has 6 nitrogen and oxygen atoms in total. The van der Waals surface area contributed by atoms with Gasteiger partial charge in [-0.1, -0.05) is 51.2 Å². The molecule has 3 aliphatic rings. The molecule has 0 spiro atoms. The average Bonchev–Trinajstić information content (AvgIpc) is 3.19. The third-order valence-corrected chi connectivity index (χ3v) is 8.84. The van der Waals surface area contributed by atoms with Crippen molar-refractivity contribution in [2.24, 2.45) is 23.2 Å². The van der Waals surface area contributed by atoms with Gasteiger partial charge in [0.05, 0.1) is 18.8 Å². The summed E-state index contributed by atoms with van der Waals surface area (Å²) in [7, 11) is 0. The molecule has 3 aliphatic carbocycles. The number of carbonyl (C=O) groups is 2. The molecule has 6 heteroatoms. The number of fused-ring (bicyclic) bond motifs is 1. The molecule has 0 aliphatic heterocycles. The second kappa shape index (κ2) is 12.1. The zero-order valence-electron chi connectivity index (χ0n) is 23.3. The van der Waals surface area contributed by atoms with E-state index in [1.54, 1.807) is 19.9 Å². The van der Waals surface area contributed by atoms with E-state index in [4.69, 9.17) is 9.47 Å². The van der Waals surface area contributed by atoms with Crippen molar-refractivity contribution in [2.45, 2.75) is 104 Å². The molecule has 6 atom stereocenters. The molecular weight excluding hydrogens is 468 g/mol. The fourth-order valence-corrected chi connectivity index (χ4v) is 6.66. The summed E-state index contributed by atoms with van der Waals surface area (Å²) in [6.07, 6.45) is 13.0. The van der Waals surface area contributed by atoms with Crippen LogP contribution in [0.25, 0.3) is 0 Å². The van der Waals surface area contributed by atoms with Crippen molar-refractivity contribution < 1.29 is 29.3 Å². The van der Waals surface area contributed by atoms with Gasteiger partial charge in [-0.3, -0.25) is 4.79 Å². The van der Waals surface area contributed by atoms with Gasteiger partial charge in [-0.15, -0.1) is 0 Å². The highest BCUT2D eigenvalue weighted by Gasteiger charge is 2.50. The van der Waals surface area contributed by atoms with Gasteiger partial charge in [-0.2, -0.15) is 0 Å². The summed E-state index contributed by atoms with van der Waals surface area (Å²) in [6, 6.07) is 0. The number of hydrogen-bond acceptors (Lipinski definition) is 6. The topological polar surface area (TPSA) is 93.1 Å². The molecule has 0 aromatic rings. The van der Waals surface area contributed by atoms with E-state index in [9.17, 15) is 19.8 Å². The first-order valence-electron chi connectivity index (χ1n) is 13.9. The molecule has 2 N–H and O–H groups in total. The van der Waals surface area contributed by atoms with E-state index in [1.807, 2.05) is 13.0 Å². The zero-order chi connectivity index (χ0) is 27.4. The van der Waals surface area contributed by atoms with E-state index in [0.29, 0.717) is 31.1 Å². The lowest BCUT2D eigenvalue weighted by molar-refractivity contribution is -0.131. The van der Waals surface area contributed by atoms with Crippen LogP contribution in [0.1, 0.15) is 86.0 Å². The average molecular weight is 515 g/mol. The summed E-state index contributed by atoms with van der Waals surface area (Å²) in [4.78, 5) is 24.7. The lowest BCUT2D eigenvalue weighted by atomic mass is 9.61. The van der Waals surface area contributed by atoms with Crippen LogP contribution in [0.3, 0.4) is 0 Å². The normalized spacial score (nSPS) is 33.5. The predicted molar refractivity (Wildman–Crippen MR) is 145 cm³/mol. The monoisotopic (exact) mass is 514 g/mol. The second-order valence-corrected chi connectivity index (χ2v) is 12.0. The van der Waals surface area contributed by atoms with Gasteiger partial charge in [-0.05, 0) is 99.2 Å². The first-order chi connectivity index (χ1) is 17.4. The van der Waals surface area contributed by atoms with Gasteiger partial charge in [0.2, 0.25) is 0 Å². The molecule has 206 valence electrons. The Balaban J connectivity index is 1.69. The van der Waals surface area contributed by atoms with Gasteiger partial charge in [0.1, 0.15) is 0 Å². The quantitative estimate of drug-likeness (QED) is 0.295. The van der Waals surface area contributed by atoms with Crippen molar-refractivity contribution in [3.05, 3.63) is 47.6 Å². The number of rotatable bonds is 8. The van der Waals surface area contributed by atoms with Crippen LogP contribution in [-0.2, 0) is 14.3 Å². The predicted octanol–water partition coefficient (Wildman–Crippen LogP) is 6.23. The van der Waals surface area contributed by atoms with Crippen LogP contribution < -0.4 is 0 Å². The largest absolute Gasteiger partial charge is 0.509 e. The van der Waals surface area contributed by atoms with Gasteiger partial charge in [0, 0.05) is 6.42 Å². The molecule has 3 fully saturated rings. The molecule has 0 bridgehead atoms. The molecular formula is C31H46O6. The first kappa shape index (κ1) is 29.4. The smallest absolute Gasteiger partial charge is 0.434 e. The fourth-order valence-electron chi connectivity index (χ4n) is 6.66. The third-order valence-electron chi connectivity index (χ3n) is 8.84. The molecule has 0 radical (unpaired) electrons. The van der Waals surface area contributed by atoms with E-state index in [-0.39, 0.29) is 23.7 Å². The number of aliphatic hydroxyl groups is 2. The van der Waals surface area contributed by atoms with Crippen molar-refractivity contribution in [1.29, 1.82) is 0 Å². The van der Waals surface area contributed by atoms with E-state index in [1.165, 1.54) is 5.57 Å². The van der Waals surface area contributed by atoms with Crippen LogP contribution in [0.5, 0.6) is 0 Å². The zero-order valence-corrected chi connectivity index (χ0v) is 23.3. The fraction of sp³-hybridized carbons (Fsp3) is 0.677. The highest BCUT2D eigenvalue weighted by atomic mass is 16.7. The number of hydrogen-bond donors (Lipinski definition) is 2. The number of ketones is 1. The van der Waals surface area contributed by atoms with Gasteiger partial charge in [0.25, 0.3) is 0 Å². The molecule has 0 aromatic heterocycles. The number of carbonyl (C=O) groups excluding carboxylic acids is 2. The molecule has 0 heterocycles. The summed E-state index contributed by atoms with van der Waals surface area (Å²) in [5.74, 6) is 0.891. The maximum Gasteiger partial charge on any atom is 0.509 e. The summed E-state index contributed by atoms with van der Waals surface area (Å²) >= 11 is 0. The molecule has 0 aromatic carbocycles. The van der Waals surface area contributed by atoms with E-state index in [0.717, 1.165) is 43.3 Å². The molecule has 2 unspecified atom stereocenters. The molecule has 3 rings (SSSR count). The van der Waals surface area contributed by atoms with Crippen LogP contribution in [0.4, 0.5) is 4.79 Å². The minimum Gasteiger partial charge on any atom is -0.434 e. The van der Waals surface area contributed by atoms with Crippen LogP contribution >= 0.6 is 0 Å². The SMILES string of the molecule is C=C1/C(=C\C=C2/CCC[C@]3(C)[C@@H]([C@H](C)/C=C/C(=O)C(C)(C)OC(=O)OCCC)CC[C@@H]23)CC(O)CC1O. The van der Waals surface area contributed by atoms with Crippen LogP contribution in [0.2, 0.25) is 0 Å². The Labute approximate surface area is 222 Å². The summed E-state index contributed by atoms with van der Waals surface area (Å²) in [6.45, 7) is 14.0. The van der Waals surface area contributed by atoms with Crippen LogP contribution in [0, 0.1) is 23.2 Å². The van der Waals surface area contributed by atoms with E-state index in [2.05, 4.69) is 32.6 Å². The minimum absolute atomic E-state index is 0.147. The molecule has 37 heavy (non-hydrogen) atoms. The Morgan fingerprint density at radius 3 is 2.68 bits per heavy atom. The van der Waals surface area contributed by atoms with Crippen LogP contribution in [0.15, 0.2) is 47.6 Å². The van der Waals surface area contributed by atoms with Crippen LogP contribution in [-0.4, -0.2) is 46.6 Å². The van der Waals surface area contributed by atoms with Crippen molar-refractivity contribution >= 4 is 11.9 Å². The number of allylic oxidation sites excluding steroid dienone is 4. The van der Waals surface area contributed by atoms with Gasteiger partial charge in [-0.25, -0.2) is 4.79 Å².